The SMILES string of the molecule is COc1ccc(-c2nnc(SCc3nc(C)no3)o2)cc1. The first-order valence-corrected chi connectivity index (χ1v) is 7.13. The minimum absolute atomic E-state index is 0.455. The Hall–Kier alpha value is -2.35. The lowest BCUT2D eigenvalue weighted by atomic mass is 10.2. The molecule has 0 aliphatic heterocycles. The number of thioether (sulfide) groups is 1. The van der Waals surface area contributed by atoms with Crippen molar-refractivity contribution in [2.45, 2.75) is 17.9 Å². The lowest BCUT2D eigenvalue weighted by molar-refractivity contribution is 0.386. The monoisotopic (exact) mass is 304 g/mol. The Morgan fingerprint density at radius 3 is 2.67 bits per heavy atom. The predicted octanol–water partition coefficient (Wildman–Crippen LogP) is 2.73. The molecule has 0 spiro atoms. The van der Waals surface area contributed by atoms with E-state index in [2.05, 4.69) is 20.3 Å². The second kappa shape index (κ2) is 5.96. The van der Waals surface area contributed by atoms with Crippen molar-refractivity contribution < 1.29 is 13.7 Å². The number of hydrogen-bond acceptors (Lipinski definition) is 8. The highest BCUT2D eigenvalue weighted by molar-refractivity contribution is 7.98. The van der Waals surface area contributed by atoms with Crippen LogP contribution in [-0.4, -0.2) is 27.4 Å². The molecule has 0 bridgehead atoms. The summed E-state index contributed by atoms with van der Waals surface area (Å²) in [4.78, 5) is 4.11. The molecule has 2 aromatic heterocycles. The van der Waals surface area contributed by atoms with Gasteiger partial charge in [0.2, 0.25) is 11.8 Å². The highest BCUT2D eigenvalue weighted by Crippen LogP contribution is 2.26. The predicted molar refractivity (Wildman–Crippen MR) is 74.9 cm³/mol. The van der Waals surface area contributed by atoms with Crippen LogP contribution in [0.2, 0.25) is 0 Å². The topological polar surface area (TPSA) is 87.1 Å². The van der Waals surface area contributed by atoms with Crippen molar-refractivity contribution in [3.05, 3.63) is 36.0 Å². The van der Waals surface area contributed by atoms with Gasteiger partial charge in [-0.1, -0.05) is 16.9 Å². The summed E-state index contributed by atoms with van der Waals surface area (Å²) >= 11 is 1.35. The van der Waals surface area contributed by atoms with E-state index in [0.717, 1.165) is 11.3 Å². The quantitative estimate of drug-likeness (QED) is 0.665. The van der Waals surface area contributed by atoms with Gasteiger partial charge in [0, 0.05) is 5.56 Å². The molecule has 0 aliphatic rings. The van der Waals surface area contributed by atoms with E-state index in [1.165, 1.54) is 11.8 Å². The van der Waals surface area contributed by atoms with Crippen molar-refractivity contribution in [1.29, 1.82) is 0 Å². The number of aromatic nitrogens is 4. The average molecular weight is 304 g/mol. The molecule has 3 rings (SSSR count). The number of rotatable bonds is 5. The van der Waals surface area contributed by atoms with Crippen molar-refractivity contribution >= 4 is 11.8 Å². The minimum atomic E-state index is 0.455. The number of hydrogen-bond donors (Lipinski definition) is 0. The smallest absolute Gasteiger partial charge is 0.277 e. The molecule has 0 fully saturated rings. The van der Waals surface area contributed by atoms with Crippen LogP contribution in [0, 0.1) is 6.92 Å². The molecule has 0 atom stereocenters. The lowest BCUT2D eigenvalue weighted by Gasteiger charge is -1.99. The standard InChI is InChI=1S/C13H12N4O3S/c1-8-14-11(20-17-8)7-21-13-16-15-12(19-13)9-3-5-10(18-2)6-4-9/h3-6H,7H2,1-2H3. The van der Waals surface area contributed by atoms with E-state index >= 15 is 0 Å². The maximum Gasteiger partial charge on any atom is 0.277 e. The van der Waals surface area contributed by atoms with Crippen molar-refractivity contribution in [2.24, 2.45) is 0 Å². The third-order valence-electron chi connectivity index (χ3n) is 2.63. The molecular formula is C13H12N4O3S. The van der Waals surface area contributed by atoms with Crippen molar-refractivity contribution in [1.82, 2.24) is 20.3 Å². The van der Waals surface area contributed by atoms with Gasteiger partial charge in [-0.3, -0.25) is 0 Å². The summed E-state index contributed by atoms with van der Waals surface area (Å²) < 4.78 is 15.7. The number of nitrogens with zero attached hydrogens (tertiary/aromatic N) is 4. The van der Waals surface area contributed by atoms with Crippen LogP contribution in [0.5, 0.6) is 5.75 Å². The van der Waals surface area contributed by atoms with Crippen molar-refractivity contribution in [3.8, 4) is 17.2 Å². The first-order chi connectivity index (χ1) is 10.2. The highest BCUT2D eigenvalue weighted by atomic mass is 32.2. The first-order valence-electron chi connectivity index (χ1n) is 6.14. The van der Waals surface area contributed by atoms with Gasteiger partial charge in [-0.2, -0.15) is 4.98 Å². The molecule has 0 aliphatic carbocycles. The van der Waals surface area contributed by atoms with Gasteiger partial charge in [0.1, 0.15) is 5.75 Å². The average Bonchev–Trinajstić information content (AvgIpc) is 3.14. The zero-order valence-electron chi connectivity index (χ0n) is 11.4. The van der Waals surface area contributed by atoms with Gasteiger partial charge in [0.15, 0.2) is 5.82 Å². The van der Waals surface area contributed by atoms with E-state index in [9.17, 15) is 0 Å². The van der Waals surface area contributed by atoms with Crippen LogP contribution in [-0.2, 0) is 5.75 Å². The van der Waals surface area contributed by atoms with Crippen molar-refractivity contribution in [2.75, 3.05) is 7.11 Å². The van der Waals surface area contributed by atoms with Crippen LogP contribution in [0.25, 0.3) is 11.5 Å². The number of ether oxygens (including phenoxy) is 1. The Bertz CT molecular complexity index is 723. The molecular weight excluding hydrogens is 292 g/mol. The Morgan fingerprint density at radius 2 is 2.00 bits per heavy atom. The Balaban J connectivity index is 1.67. The minimum Gasteiger partial charge on any atom is -0.497 e. The van der Waals surface area contributed by atoms with Gasteiger partial charge in [-0.25, -0.2) is 0 Å². The molecule has 2 heterocycles. The Kier molecular flexibility index (Phi) is 3.87. The van der Waals surface area contributed by atoms with Gasteiger partial charge in [-0.15, -0.1) is 10.2 Å². The van der Waals surface area contributed by atoms with E-state index in [-0.39, 0.29) is 0 Å². The van der Waals surface area contributed by atoms with Gasteiger partial charge in [0.25, 0.3) is 5.22 Å². The summed E-state index contributed by atoms with van der Waals surface area (Å²) in [6.45, 7) is 1.77. The second-order valence-electron chi connectivity index (χ2n) is 4.13. The Labute approximate surface area is 124 Å². The molecule has 108 valence electrons. The fourth-order valence-electron chi connectivity index (χ4n) is 1.64. The third kappa shape index (κ3) is 3.22. The van der Waals surface area contributed by atoms with E-state index < -0.39 is 0 Å². The van der Waals surface area contributed by atoms with Gasteiger partial charge >= 0.3 is 0 Å². The second-order valence-corrected chi connectivity index (χ2v) is 5.05. The molecule has 7 nitrogen and oxygen atoms in total. The summed E-state index contributed by atoms with van der Waals surface area (Å²) in [6, 6.07) is 7.41. The summed E-state index contributed by atoms with van der Waals surface area (Å²) in [6.07, 6.45) is 0. The molecule has 8 heteroatoms. The molecule has 3 aromatic rings. The molecule has 0 saturated carbocycles. The van der Waals surface area contributed by atoms with Crippen LogP contribution in [0.15, 0.2) is 38.4 Å². The van der Waals surface area contributed by atoms with E-state index in [0.29, 0.717) is 28.6 Å². The van der Waals surface area contributed by atoms with Gasteiger partial charge < -0.3 is 13.7 Å². The van der Waals surface area contributed by atoms with Crippen LogP contribution < -0.4 is 4.74 Å². The molecule has 0 amide bonds. The molecule has 21 heavy (non-hydrogen) atoms. The summed E-state index contributed by atoms with van der Waals surface area (Å²) in [5, 5.41) is 12.2. The van der Waals surface area contributed by atoms with E-state index in [1.807, 2.05) is 24.3 Å². The van der Waals surface area contributed by atoms with Crippen LogP contribution >= 0.6 is 11.8 Å². The molecule has 0 saturated heterocycles. The van der Waals surface area contributed by atoms with Crippen molar-refractivity contribution in [3.63, 3.8) is 0 Å². The maximum atomic E-state index is 5.58. The van der Waals surface area contributed by atoms with E-state index in [4.69, 9.17) is 13.7 Å². The number of benzene rings is 1. The zero-order valence-corrected chi connectivity index (χ0v) is 12.3. The largest absolute Gasteiger partial charge is 0.497 e. The molecule has 0 N–H and O–H groups in total. The number of aryl methyl sites for hydroxylation is 1. The van der Waals surface area contributed by atoms with E-state index in [1.54, 1.807) is 14.0 Å². The fraction of sp³-hybridized carbons (Fsp3) is 0.231. The molecule has 0 unspecified atom stereocenters. The summed E-state index contributed by atoms with van der Waals surface area (Å²) in [5.41, 5.74) is 0.837. The first kappa shape index (κ1) is 13.6. The highest BCUT2D eigenvalue weighted by Gasteiger charge is 2.11. The number of methoxy groups -OCH3 is 1. The maximum absolute atomic E-state index is 5.58. The summed E-state index contributed by atoms with van der Waals surface area (Å²) in [5.74, 6) is 2.86. The van der Waals surface area contributed by atoms with Gasteiger partial charge in [0.05, 0.1) is 12.9 Å². The third-order valence-corrected chi connectivity index (χ3v) is 3.44. The van der Waals surface area contributed by atoms with Crippen LogP contribution in [0.4, 0.5) is 0 Å². The lowest BCUT2D eigenvalue weighted by Crippen LogP contribution is -1.82. The van der Waals surface area contributed by atoms with Crippen LogP contribution in [0.1, 0.15) is 11.7 Å². The van der Waals surface area contributed by atoms with Gasteiger partial charge in [-0.05, 0) is 31.2 Å². The Morgan fingerprint density at radius 1 is 1.19 bits per heavy atom. The normalized spacial score (nSPS) is 10.8. The summed E-state index contributed by atoms with van der Waals surface area (Å²) in [7, 11) is 1.62. The van der Waals surface area contributed by atoms with Crippen LogP contribution in [0.3, 0.4) is 0 Å². The zero-order chi connectivity index (χ0) is 14.7. The molecule has 1 aromatic carbocycles. The fourth-order valence-corrected chi connectivity index (χ4v) is 2.24. The molecule has 0 radical (unpaired) electrons.